The molecule has 8 nitrogen and oxygen atoms in total. The number of carbonyl (C=O) groups is 2. The molecule has 0 fully saturated rings. The smallest absolute Gasteiger partial charge is 0.336 e. The van der Waals surface area contributed by atoms with Crippen LogP contribution in [-0.2, 0) is 0 Å². The molecule has 1 atom stereocenters. The van der Waals surface area contributed by atoms with Crippen molar-refractivity contribution in [1.29, 1.82) is 0 Å². The Morgan fingerprint density at radius 1 is 0.913 bits per heavy atom. The minimum Gasteiger partial charge on any atom is -0.478 e. The maximum atomic E-state index is 10.5. The van der Waals surface area contributed by atoms with Gasteiger partial charge in [-0.15, -0.1) is 0 Å². The molecule has 1 aromatic carbocycles. The van der Waals surface area contributed by atoms with E-state index in [9.17, 15) is 9.59 Å². The first-order chi connectivity index (χ1) is 10.8. The van der Waals surface area contributed by atoms with E-state index in [2.05, 4.69) is 0 Å². The van der Waals surface area contributed by atoms with Gasteiger partial charge in [0.2, 0.25) is 0 Å². The molecule has 0 saturated heterocycles. The standard InChI is InChI=1S/C8H6O4.C4H10O2.C3H8O2/c9-7(10)5-3-1-2-4-6(5)8(11)12;5-3-1-2-4-6;1-3(5)2-4/h1-4H,(H,9,10)(H,11,12);5-6H,1-4H2;3-5H,2H2,1H3. The number of benzene rings is 1. The molecule has 23 heavy (non-hydrogen) atoms. The van der Waals surface area contributed by atoms with Crippen molar-refractivity contribution in [2.75, 3.05) is 19.8 Å². The first-order valence-electron chi connectivity index (χ1n) is 6.88. The number of hydrogen-bond donors (Lipinski definition) is 6. The minimum absolute atomic E-state index is 0.139. The van der Waals surface area contributed by atoms with Crippen molar-refractivity contribution in [3.63, 3.8) is 0 Å². The second-order valence-corrected chi connectivity index (χ2v) is 4.34. The molecular weight excluding hydrogens is 308 g/mol. The summed E-state index contributed by atoms with van der Waals surface area (Å²) in [4.78, 5) is 20.9. The highest BCUT2D eigenvalue weighted by Gasteiger charge is 2.13. The Morgan fingerprint density at radius 2 is 1.22 bits per heavy atom. The lowest BCUT2D eigenvalue weighted by molar-refractivity contribution is 0.0651. The number of carboxylic acid groups (broad SMARTS) is 2. The molecule has 0 radical (unpaired) electrons. The molecule has 0 bridgehead atoms. The second-order valence-electron chi connectivity index (χ2n) is 4.34. The Morgan fingerprint density at radius 3 is 1.39 bits per heavy atom. The van der Waals surface area contributed by atoms with E-state index < -0.39 is 18.0 Å². The monoisotopic (exact) mass is 332 g/mol. The fourth-order valence-corrected chi connectivity index (χ4v) is 1.08. The van der Waals surface area contributed by atoms with Gasteiger partial charge in [0.25, 0.3) is 0 Å². The average molecular weight is 332 g/mol. The Balaban J connectivity index is 0. The maximum Gasteiger partial charge on any atom is 0.336 e. The van der Waals surface area contributed by atoms with Gasteiger partial charge in [-0.3, -0.25) is 0 Å². The van der Waals surface area contributed by atoms with Gasteiger partial charge in [0.05, 0.1) is 23.8 Å². The molecule has 0 spiro atoms. The Bertz CT molecular complexity index is 408. The molecule has 1 unspecified atom stereocenters. The van der Waals surface area contributed by atoms with E-state index in [1.54, 1.807) is 0 Å². The van der Waals surface area contributed by atoms with Gasteiger partial charge < -0.3 is 30.6 Å². The number of unbranched alkanes of at least 4 members (excludes halogenated alkanes) is 1. The molecule has 8 heteroatoms. The molecule has 0 aliphatic heterocycles. The van der Waals surface area contributed by atoms with Crippen molar-refractivity contribution < 1.29 is 40.2 Å². The highest BCUT2D eigenvalue weighted by atomic mass is 16.4. The van der Waals surface area contributed by atoms with Crippen LogP contribution in [0.1, 0.15) is 40.5 Å². The number of carboxylic acids is 2. The number of rotatable bonds is 6. The van der Waals surface area contributed by atoms with Crippen LogP contribution in [0, 0.1) is 0 Å². The summed E-state index contributed by atoms with van der Waals surface area (Å²) in [5, 5.41) is 49.3. The zero-order valence-electron chi connectivity index (χ0n) is 12.9. The average Bonchev–Trinajstić information content (AvgIpc) is 2.53. The van der Waals surface area contributed by atoms with Crippen molar-refractivity contribution in [3.8, 4) is 0 Å². The molecule has 0 saturated carbocycles. The topological polar surface area (TPSA) is 156 Å². The predicted molar refractivity (Wildman–Crippen MR) is 82.5 cm³/mol. The Kier molecular flexibility index (Phi) is 15.1. The van der Waals surface area contributed by atoms with E-state index in [1.165, 1.54) is 31.2 Å². The number of hydrogen-bond acceptors (Lipinski definition) is 6. The number of aliphatic hydroxyl groups is 4. The van der Waals surface area contributed by atoms with Gasteiger partial charge in [-0.05, 0) is 31.9 Å². The van der Waals surface area contributed by atoms with Gasteiger partial charge in [0.1, 0.15) is 0 Å². The lowest BCUT2D eigenvalue weighted by Gasteiger charge is -1.98. The highest BCUT2D eigenvalue weighted by molar-refractivity contribution is 6.01. The first-order valence-corrected chi connectivity index (χ1v) is 6.88. The zero-order valence-corrected chi connectivity index (χ0v) is 12.9. The zero-order chi connectivity index (χ0) is 18.3. The fraction of sp³-hybridized carbons (Fsp3) is 0.467. The Labute approximate surface area is 134 Å². The van der Waals surface area contributed by atoms with Gasteiger partial charge >= 0.3 is 11.9 Å². The van der Waals surface area contributed by atoms with Crippen molar-refractivity contribution >= 4 is 11.9 Å². The van der Waals surface area contributed by atoms with E-state index >= 15 is 0 Å². The maximum absolute atomic E-state index is 10.5. The molecule has 0 heterocycles. The van der Waals surface area contributed by atoms with Crippen LogP contribution in [0.4, 0.5) is 0 Å². The summed E-state index contributed by atoms with van der Waals surface area (Å²) in [5.74, 6) is -2.46. The molecule has 1 aromatic rings. The van der Waals surface area contributed by atoms with Gasteiger partial charge in [0, 0.05) is 13.2 Å². The highest BCUT2D eigenvalue weighted by Crippen LogP contribution is 2.07. The molecule has 6 N–H and O–H groups in total. The summed E-state index contributed by atoms with van der Waals surface area (Å²) in [6, 6.07) is 5.48. The van der Waals surface area contributed by atoms with Gasteiger partial charge in [-0.25, -0.2) is 9.59 Å². The van der Waals surface area contributed by atoms with Crippen LogP contribution in [0.2, 0.25) is 0 Å². The first kappa shape index (κ1) is 23.3. The van der Waals surface area contributed by atoms with Gasteiger partial charge in [0.15, 0.2) is 0 Å². The molecule has 0 aliphatic rings. The summed E-state index contributed by atoms with van der Waals surface area (Å²) >= 11 is 0. The van der Waals surface area contributed by atoms with E-state index in [4.69, 9.17) is 30.6 Å². The van der Waals surface area contributed by atoms with E-state index in [0.717, 1.165) is 12.8 Å². The lowest BCUT2D eigenvalue weighted by Crippen LogP contribution is -2.06. The third kappa shape index (κ3) is 13.4. The van der Waals surface area contributed by atoms with Crippen molar-refractivity contribution in [3.05, 3.63) is 35.4 Å². The van der Waals surface area contributed by atoms with Crippen LogP contribution in [0.25, 0.3) is 0 Å². The Hall–Kier alpha value is -2.00. The summed E-state index contributed by atoms with van der Waals surface area (Å²) < 4.78 is 0. The molecular formula is C15H24O8. The van der Waals surface area contributed by atoms with Crippen LogP contribution in [0.5, 0.6) is 0 Å². The SMILES string of the molecule is CC(O)CO.O=C(O)c1ccccc1C(=O)O.OCCCCO. The van der Waals surface area contributed by atoms with Crippen molar-refractivity contribution in [2.45, 2.75) is 25.9 Å². The minimum atomic E-state index is -1.23. The van der Waals surface area contributed by atoms with E-state index in [0.29, 0.717) is 0 Å². The van der Waals surface area contributed by atoms with Crippen LogP contribution in [0.15, 0.2) is 24.3 Å². The third-order valence-corrected chi connectivity index (χ3v) is 2.22. The number of aromatic carboxylic acids is 2. The van der Waals surface area contributed by atoms with Crippen molar-refractivity contribution in [1.82, 2.24) is 0 Å². The second kappa shape index (κ2) is 14.9. The quantitative estimate of drug-likeness (QED) is 0.403. The third-order valence-electron chi connectivity index (χ3n) is 2.22. The number of aliphatic hydroxyl groups excluding tert-OH is 4. The molecule has 0 aliphatic carbocycles. The molecule has 0 aromatic heterocycles. The molecule has 1 rings (SSSR count). The molecule has 0 amide bonds. The van der Waals surface area contributed by atoms with Crippen molar-refractivity contribution in [2.24, 2.45) is 0 Å². The van der Waals surface area contributed by atoms with Crippen LogP contribution < -0.4 is 0 Å². The van der Waals surface area contributed by atoms with E-state index in [1.807, 2.05) is 0 Å². The summed E-state index contributed by atoms with van der Waals surface area (Å²) in [6.45, 7) is 1.78. The normalized spacial score (nSPS) is 10.5. The van der Waals surface area contributed by atoms with Gasteiger partial charge in [-0.1, -0.05) is 12.1 Å². The predicted octanol–water partition coefficient (Wildman–Crippen LogP) is 0.194. The summed E-state index contributed by atoms with van der Waals surface area (Å²) in [6.07, 6.45) is 0.877. The lowest BCUT2D eigenvalue weighted by atomic mass is 10.1. The summed E-state index contributed by atoms with van der Waals surface area (Å²) in [7, 11) is 0. The van der Waals surface area contributed by atoms with Crippen LogP contribution >= 0.6 is 0 Å². The van der Waals surface area contributed by atoms with Gasteiger partial charge in [-0.2, -0.15) is 0 Å². The molecule has 132 valence electrons. The van der Waals surface area contributed by atoms with Crippen LogP contribution in [-0.4, -0.2) is 68.5 Å². The fourth-order valence-electron chi connectivity index (χ4n) is 1.08. The summed E-state index contributed by atoms with van der Waals surface area (Å²) in [5.41, 5.74) is -0.380. The van der Waals surface area contributed by atoms with Crippen LogP contribution in [0.3, 0.4) is 0 Å². The largest absolute Gasteiger partial charge is 0.478 e. The van der Waals surface area contributed by atoms with E-state index in [-0.39, 0.29) is 30.9 Å².